The molecule has 1 atom stereocenters. The number of carbonyl (C=O) groups is 3. The largest absolute Gasteiger partial charge is 0.481 e. The predicted molar refractivity (Wildman–Crippen MR) is 74.9 cm³/mol. The summed E-state index contributed by atoms with van der Waals surface area (Å²) in [7, 11) is 1.41. The molecule has 0 aliphatic carbocycles. The van der Waals surface area contributed by atoms with E-state index < -0.39 is 12.1 Å². The average molecular weight is 301 g/mol. The van der Waals surface area contributed by atoms with Crippen molar-refractivity contribution in [1.29, 1.82) is 0 Å². The molecule has 120 valence electrons. The number of aliphatic carboxylic acids is 1. The standard InChI is InChI=1S/C13H23N3O5/c1-10(17)15-4-3-5-16(7-6-15)13(20)14-9-11(21-2)8-12(18)19/h11H,3-9H2,1-2H3,(H,14,20)(H,18,19). The second-order valence-corrected chi connectivity index (χ2v) is 4.99. The van der Waals surface area contributed by atoms with Crippen molar-refractivity contribution in [2.45, 2.75) is 25.9 Å². The summed E-state index contributed by atoms with van der Waals surface area (Å²) in [5, 5.41) is 11.4. The molecule has 21 heavy (non-hydrogen) atoms. The lowest BCUT2D eigenvalue weighted by Gasteiger charge is -2.23. The van der Waals surface area contributed by atoms with Gasteiger partial charge in [-0.25, -0.2) is 4.79 Å². The van der Waals surface area contributed by atoms with E-state index in [2.05, 4.69) is 5.32 Å². The molecular weight excluding hydrogens is 278 g/mol. The van der Waals surface area contributed by atoms with Crippen LogP contribution in [0, 0.1) is 0 Å². The van der Waals surface area contributed by atoms with Gasteiger partial charge in [0.15, 0.2) is 0 Å². The number of nitrogens with one attached hydrogen (secondary N) is 1. The smallest absolute Gasteiger partial charge is 0.317 e. The molecule has 2 N–H and O–H groups in total. The van der Waals surface area contributed by atoms with E-state index in [4.69, 9.17) is 9.84 Å². The molecule has 1 aliphatic rings. The lowest BCUT2D eigenvalue weighted by atomic mass is 10.2. The summed E-state index contributed by atoms with van der Waals surface area (Å²) in [6, 6.07) is -0.257. The van der Waals surface area contributed by atoms with Crippen LogP contribution in [0.3, 0.4) is 0 Å². The molecule has 0 saturated carbocycles. The zero-order chi connectivity index (χ0) is 15.8. The normalized spacial score (nSPS) is 17.0. The topological polar surface area (TPSA) is 99.2 Å². The van der Waals surface area contributed by atoms with E-state index in [-0.39, 0.29) is 24.9 Å². The highest BCUT2D eigenvalue weighted by Crippen LogP contribution is 2.04. The summed E-state index contributed by atoms with van der Waals surface area (Å²) in [6.45, 7) is 3.89. The van der Waals surface area contributed by atoms with Crippen LogP contribution in [-0.2, 0) is 14.3 Å². The maximum atomic E-state index is 12.0. The van der Waals surface area contributed by atoms with Gasteiger partial charge in [0.25, 0.3) is 0 Å². The summed E-state index contributed by atoms with van der Waals surface area (Å²) < 4.78 is 5.01. The Morgan fingerprint density at radius 2 is 1.81 bits per heavy atom. The Morgan fingerprint density at radius 3 is 2.38 bits per heavy atom. The third-order valence-corrected chi connectivity index (χ3v) is 3.45. The van der Waals surface area contributed by atoms with Gasteiger partial charge in [0.1, 0.15) is 0 Å². The monoisotopic (exact) mass is 301 g/mol. The van der Waals surface area contributed by atoms with Crippen molar-refractivity contribution in [2.75, 3.05) is 39.8 Å². The molecule has 0 aromatic heterocycles. The Hall–Kier alpha value is -1.83. The number of hydrogen-bond acceptors (Lipinski definition) is 4. The van der Waals surface area contributed by atoms with Gasteiger partial charge in [0.05, 0.1) is 12.5 Å². The molecule has 1 unspecified atom stereocenters. The molecule has 0 spiro atoms. The lowest BCUT2D eigenvalue weighted by Crippen LogP contribution is -2.45. The molecule has 0 bridgehead atoms. The third-order valence-electron chi connectivity index (χ3n) is 3.45. The number of carboxylic acid groups (broad SMARTS) is 1. The second kappa shape index (κ2) is 8.46. The minimum Gasteiger partial charge on any atom is -0.481 e. The third kappa shape index (κ3) is 5.99. The van der Waals surface area contributed by atoms with Crippen LogP contribution < -0.4 is 5.32 Å². The number of urea groups is 1. The van der Waals surface area contributed by atoms with Crippen LogP contribution in [0.1, 0.15) is 19.8 Å². The van der Waals surface area contributed by atoms with Gasteiger partial charge in [-0.3, -0.25) is 9.59 Å². The molecular formula is C13H23N3O5. The quantitative estimate of drug-likeness (QED) is 0.729. The Balaban J connectivity index is 2.41. The first-order chi connectivity index (χ1) is 9.93. The zero-order valence-electron chi connectivity index (χ0n) is 12.5. The van der Waals surface area contributed by atoms with E-state index in [1.165, 1.54) is 14.0 Å². The van der Waals surface area contributed by atoms with Crippen LogP contribution in [0.25, 0.3) is 0 Å². The molecule has 1 aliphatic heterocycles. The van der Waals surface area contributed by atoms with Gasteiger partial charge in [-0.15, -0.1) is 0 Å². The molecule has 0 aromatic carbocycles. The Morgan fingerprint density at radius 1 is 1.19 bits per heavy atom. The van der Waals surface area contributed by atoms with Crippen molar-refractivity contribution >= 4 is 17.9 Å². The highest BCUT2D eigenvalue weighted by molar-refractivity contribution is 5.75. The van der Waals surface area contributed by atoms with E-state index in [1.807, 2.05) is 0 Å². The van der Waals surface area contributed by atoms with Crippen molar-refractivity contribution in [3.63, 3.8) is 0 Å². The van der Waals surface area contributed by atoms with Crippen LogP contribution in [-0.4, -0.2) is 78.8 Å². The van der Waals surface area contributed by atoms with Gasteiger partial charge in [0.2, 0.25) is 5.91 Å². The second-order valence-electron chi connectivity index (χ2n) is 4.99. The van der Waals surface area contributed by atoms with Gasteiger partial charge >= 0.3 is 12.0 Å². The van der Waals surface area contributed by atoms with Crippen molar-refractivity contribution in [3.05, 3.63) is 0 Å². The van der Waals surface area contributed by atoms with Crippen LogP contribution in [0.2, 0.25) is 0 Å². The predicted octanol–water partition coefficient (Wildman–Crippen LogP) is -0.260. The number of carboxylic acids is 1. The number of ether oxygens (including phenoxy) is 1. The maximum absolute atomic E-state index is 12.0. The number of rotatable bonds is 5. The molecule has 8 nitrogen and oxygen atoms in total. The Kier molecular flexibility index (Phi) is 6.93. The van der Waals surface area contributed by atoms with Crippen LogP contribution in [0.5, 0.6) is 0 Å². The number of amides is 3. The fraction of sp³-hybridized carbons (Fsp3) is 0.769. The maximum Gasteiger partial charge on any atom is 0.317 e. The summed E-state index contributed by atoms with van der Waals surface area (Å²) >= 11 is 0. The minimum absolute atomic E-state index is 0.0122. The van der Waals surface area contributed by atoms with Crippen molar-refractivity contribution in [3.8, 4) is 0 Å². The molecule has 1 saturated heterocycles. The molecule has 1 rings (SSSR count). The van der Waals surface area contributed by atoms with E-state index in [0.29, 0.717) is 26.2 Å². The molecule has 8 heteroatoms. The summed E-state index contributed by atoms with van der Waals surface area (Å²) in [6.07, 6.45) is 0.0252. The van der Waals surface area contributed by atoms with Crippen molar-refractivity contribution in [2.24, 2.45) is 0 Å². The van der Waals surface area contributed by atoms with Gasteiger partial charge in [0, 0.05) is 46.8 Å². The summed E-state index contributed by atoms with van der Waals surface area (Å²) in [5.74, 6) is -0.957. The van der Waals surface area contributed by atoms with Crippen molar-refractivity contribution < 1.29 is 24.2 Å². The van der Waals surface area contributed by atoms with Gasteiger partial charge in [-0.05, 0) is 6.42 Å². The van der Waals surface area contributed by atoms with E-state index in [9.17, 15) is 14.4 Å². The lowest BCUT2D eigenvalue weighted by molar-refractivity contribution is -0.139. The number of hydrogen-bond donors (Lipinski definition) is 2. The van der Waals surface area contributed by atoms with Crippen LogP contribution >= 0.6 is 0 Å². The molecule has 0 radical (unpaired) electrons. The van der Waals surface area contributed by atoms with Crippen LogP contribution in [0.4, 0.5) is 4.79 Å². The number of nitrogens with zero attached hydrogens (tertiary/aromatic N) is 2. The van der Waals surface area contributed by atoms with Crippen molar-refractivity contribution in [1.82, 2.24) is 15.1 Å². The highest BCUT2D eigenvalue weighted by Gasteiger charge is 2.21. The highest BCUT2D eigenvalue weighted by atomic mass is 16.5. The van der Waals surface area contributed by atoms with Gasteiger partial charge < -0.3 is 25.0 Å². The number of carbonyl (C=O) groups excluding carboxylic acids is 2. The van der Waals surface area contributed by atoms with Crippen LogP contribution in [0.15, 0.2) is 0 Å². The average Bonchev–Trinajstić information content (AvgIpc) is 2.68. The van der Waals surface area contributed by atoms with E-state index in [0.717, 1.165) is 6.42 Å². The first kappa shape index (κ1) is 17.2. The first-order valence-corrected chi connectivity index (χ1v) is 6.97. The minimum atomic E-state index is -0.969. The van der Waals surface area contributed by atoms with E-state index in [1.54, 1.807) is 9.80 Å². The first-order valence-electron chi connectivity index (χ1n) is 6.97. The molecule has 3 amide bonds. The molecule has 1 heterocycles. The summed E-state index contributed by atoms with van der Waals surface area (Å²) in [5.41, 5.74) is 0. The Labute approximate surface area is 124 Å². The number of methoxy groups -OCH3 is 1. The Bertz CT molecular complexity index is 388. The zero-order valence-corrected chi connectivity index (χ0v) is 12.5. The molecule has 0 aromatic rings. The fourth-order valence-electron chi connectivity index (χ4n) is 2.18. The fourth-order valence-corrected chi connectivity index (χ4v) is 2.18. The summed E-state index contributed by atoms with van der Waals surface area (Å²) in [4.78, 5) is 37.3. The van der Waals surface area contributed by atoms with E-state index >= 15 is 0 Å². The SMILES string of the molecule is COC(CNC(=O)N1CCCN(C(C)=O)CC1)CC(=O)O. The molecule has 1 fully saturated rings. The van der Waals surface area contributed by atoms with Gasteiger partial charge in [-0.2, -0.15) is 0 Å². The van der Waals surface area contributed by atoms with Gasteiger partial charge in [-0.1, -0.05) is 0 Å².